The largest absolute Gasteiger partial charge is 0.424 e. The van der Waals surface area contributed by atoms with E-state index in [2.05, 4.69) is 0 Å². The first kappa shape index (κ1) is 18.5. The fourth-order valence-corrected chi connectivity index (χ4v) is 0.523. The van der Waals surface area contributed by atoms with Crippen molar-refractivity contribution in [2.75, 3.05) is 0 Å². The predicted octanol–water partition coefficient (Wildman–Crippen LogP) is 3.01. The smallest absolute Gasteiger partial charge is 0.248 e. The average molecular weight is 301 g/mol. The SMILES string of the molecule is Cl.O=C(OF)C(F)(F)C(F)(F)C(F)(F)C(F)F. The molecule has 0 saturated heterocycles. The molecule has 0 saturated carbocycles. The molecule has 0 atom stereocenters. The van der Waals surface area contributed by atoms with Gasteiger partial charge in [-0.05, 0) is 0 Å². The highest BCUT2D eigenvalue weighted by Gasteiger charge is 2.79. The van der Waals surface area contributed by atoms with E-state index in [1.165, 1.54) is 0 Å². The van der Waals surface area contributed by atoms with E-state index in [0.29, 0.717) is 0 Å². The molecule has 0 unspecified atom stereocenters. The molecular weight excluding hydrogens is 298 g/mol. The highest BCUT2D eigenvalue weighted by Crippen LogP contribution is 2.48. The van der Waals surface area contributed by atoms with E-state index in [1.807, 2.05) is 0 Å². The summed E-state index contributed by atoms with van der Waals surface area (Å²) in [6, 6.07) is 0. The molecule has 0 heterocycles. The molecule has 12 heteroatoms. The number of alkyl halides is 8. The minimum atomic E-state index is -6.79. The Hall–Kier alpha value is -0.870. The molecule has 0 bridgehead atoms. The van der Waals surface area contributed by atoms with Crippen LogP contribution in [-0.2, 0) is 9.74 Å². The molecule has 0 rings (SSSR count). The van der Waals surface area contributed by atoms with Crippen LogP contribution in [0.2, 0.25) is 0 Å². The van der Waals surface area contributed by atoms with Crippen molar-refractivity contribution in [3.05, 3.63) is 0 Å². The van der Waals surface area contributed by atoms with Crippen molar-refractivity contribution in [3.63, 3.8) is 0 Å². The van der Waals surface area contributed by atoms with Crippen molar-refractivity contribution in [2.45, 2.75) is 24.2 Å². The number of carbonyl (C=O) groups is 1. The van der Waals surface area contributed by atoms with E-state index in [4.69, 9.17) is 0 Å². The standard InChI is InChI=1S/C5HF9O2.ClH/c6-1(7)3(8,9)5(12,13)4(10,11)2(15)16-14;/h1H;1H. The summed E-state index contributed by atoms with van der Waals surface area (Å²) in [5, 5.41) is 0. The maximum absolute atomic E-state index is 12.2. The Labute approximate surface area is 93.0 Å². The third kappa shape index (κ3) is 2.69. The Bertz CT molecular complexity index is 279. The maximum atomic E-state index is 12.2. The molecule has 104 valence electrons. The van der Waals surface area contributed by atoms with Gasteiger partial charge in [0.25, 0.3) is 0 Å². The Morgan fingerprint density at radius 3 is 1.59 bits per heavy atom. The van der Waals surface area contributed by atoms with E-state index >= 15 is 0 Å². The molecule has 0 spiro atoms. The fourth-order valence-electron chi connectivity index (χ4n) is 0.523. The van der Waals surface area contributed by atoms with Crippen LogP contribution in [0.1, 0.15) is 0 Å². The number of hydrogen-bond donors (Lipinski definition) is 0. The van der Waals surface area contributed by atoms with Crippen LogP contribution in [0.3, 0.4) is 0 Å². The first-order chi connectivity index (χ1) is 6.92. The predicted molar refractivity (Wildman–Crippen MR) is 35.3 cm³/mol. The lowest BCUT2D eigenvalue weighted by molar-refractivity contribution is -0.338. The van der Waals surface area contributed by atoms with E-state index in [1.54, 1.807) is 4.94 Å². The van der Waals surface area contributed by atoms with E-state index in [9.17, 15) is 44.4 Å². The topological polar surface area (TPSA) is 26.3 Å². The summed E-state index contributed by atoms with van der Waals surface area (Å²) in [7, 11) is 0. The Balaban J connectivity index is 0. The summed E-state index contributed by atoms with van der Waals surface area (Å²) >= 11 is 0. The first-order valence-corrected chi connectivity index (χ1v) is 3.17. The highest BCUT2D eigenvalue weighted by molar-refractivity contribution is 5.85. The third-order valence-electron chi connectivity index (χ3n) is 1.41. The van der Waals surface area contributed by atoms with Gasteiger partial charge in [0.1, 0.15) is 0 Å². The van der Waals surface area contributed by atoms with Crippen LogP contribution in [0.5, 0.6) is 0 Å². The molecule has 0 aliphatic carbocycles. The third-order valence-corrected chi connectivity index (χ3v) is 1.41. The van der Waals surface area contributed by atoms with Gasteiger partial charge in [-0.1, -0.05) is 0 Å². The second kappa shape index (κ2) is 5.19. The van der Waals surface area contributed by atoms with Gasteiger partial charge in [-0.15, -0.1) is 12.4 Å². The molecule has 0 amide bonds. The van der Waals surface area contributed by atoms with E-state index in [0.717, 1.165) is 0 Å². The van der Waals surface area contributed by atoms with Crippen molar-refractivity contribution in [1.29, 1.82) is 0 Å². The van der Waals surface area contributed by atoms with Gasteiger partial charge >= 0.3 is 30.2 Å². The maximum Gasteiger partial charge on any atom is 0.424 e. The number of hydrogen-bond acceptors (Lipinski definition) is 2. The zero-order valence-electron chi connectivity index (χ0n) is 7.20. The zero-order valence-corrected chi connectivity index (χ0v) is 8.02. The van der Waals surface area contributed by atoms with Crippen molar-refractivity contribution in [1.82, 2.24) is 0 Å². The molecule has 0 aromatic rings. The Morgan fingerprint density at radius 1 is 1.00 bits per heavy atom. The number of halogens is 10. The molecule has 0 aromatic carbocycles. The van der Waals surface area contributed by atoms with E-state index in [-0.39, 0.29) is 12.4 Å². The number of carbonyl (C=O) groups excluding carboxylic acids is 1. The van der Waals surface area contributed by atoms with Crippen LogP contribution < -0.4 is 0 Å². The second-order valence-corrected chi connectivity index (χ2v) is 2.44. The van der Waals surface area contributed by atoms with Crippen LogP contribution in [0.25, 0.3) is 0 Å². The minimum Gasteiger partial charge on any atom is -0.248 e. The molecule has 0 aromatic heterocycles. The van der Waals surface area contributed by atoms with Gasteiger partial charge < -0.3 is 0 Å². The van der Waals surface area contributed by atoms with Gasteiger partial charge in [-0.25, -0.2) is 18.5 Å². The first-order valence-electron chi connectivity index (χ1n) is 3.17. The second-order valence-electron chi connectivity index (χ2n) is 2.44. The fraction of sp³-hybridized carbons (Fsp3) is 0.800. The highest BCUT2D eigenvalue weighted by atomic mass is 35.5. The molecular formula is C5H2ClF9O2. The summed E-state index contributed by atoms with van der Waals surface area (Å²) in [6.45, 7) is 0. The van der Waals surface area contributed by atoms with Crippen LogP contribution >= 0.6 is 12.4 Å². The van der Waals surface area contributed by atoms with E-state index < -0.39 is 30.2 Å². The van der Waals surface area contributed by atoms with Gasteiger partial charge in [-0.2, -0.15) is 26.3 Å². The molecule has 17 heavy (non-hydrogen) atoms. The number of rotatable bonds is 4. The summed E-state index contributed by atoms with van der Waals surface area (Å²) in [5.41, 5.74) is 0. The van der Waals surface area contributed by atoms with Crippen molar-refractivity contribution in [2.24, 2.45) is 0 Å². The van der Waals surface area contributed by atoms with Crippen molar-refractivity contribution < 1.29 is 49.4 Å². The van der Waals surface area contributed by atoms with Gasteiger partial charge in [0.2, 0.25) is 0 Å². The van der Waals surface area contributed by atoms with Crippen LogP contribution in [0, 0.1) is 0 Å². The monoisotopic (exact) mass is 300 g/mol. The van der Waals surface area contributed by atoms with Gasteiger partial charge in [-0.3, -0.25) is 0 Å². The zero-order chi connectivity index (χ0) is 13.4. The minimum absolute atomic E-state index is 0. The molecule has 0 radical (unpaired) electrons. The quantitative estimate of drug-likeness (QED) is 0.746. The van der Waals surface area contributed by atoms with Crippen LogP contribution in [0.15, 0.2) is 0 Å². The lowest BCUT2D eigenvalue weighted by Crippen LogP contribution is -2.60. The molecule has 0 N–H and O–H groups in total. The Morgan fingerprint density at radius 2 is 1.35 bits per heavy atom. The molecule has 0 aliphatic rings. The lowest BCUT2D eigenvalue weighted by atomic mass is 10.1. The Kier molecular flexibility index (Phi) is 5.64. The van der Waals surface area contributed by atoms with Gasteiger partial charge in [0.05, 0.1) is 0 Å². The van der Waals surface area contributed by atoms with Crippen molar-refractivity contribution in [3.8, 4) is 0 Å². The van der Waals surface area contributed by atoms with Crippen LogP contribution in [0.4, 0.5) is 39.6 Å². The van der Waals surface area contributed by atoms with Gasteiger partial charge in [0, 0.05) is 4.53 Å². The lowest BCUT2D eigenvalue weighted by Gasteiger charge is -2.29. The molecule has 2 nitrogen and oxygen atoms in total. The van der Waals surface area contributed by atoms with Crippen molar-refractivity contribution >= 4 is 18.4 Å². The van der Waals surface area contributed by atoms with Crippen LogP contribution in [-0.4, -0.2) is 30.2 Å². The summed E-state index contributed by atoms with van der Waals surface area (Å²) < 4.78 is 106. The summed E-state index contributed by atoms with van der Waals surface area (Å²) in [6.07, 6.45) is -5.18. The molecule has 0 aliphatic heterocycles. The summed E-state index contributed by atoms with van der Waals surface area (Å²) in [4.78, 5) is 11.4. The average Bonchev–Trinajstić information content (AvgIpc) is 2.15. The molecule has 0 fully saturated rings. The summed E-state index contributed by atoms with van der Waals surface area (Å²) in [5.74, 6) is -23.4. The normalized spacial score (nSPS) is 13.3. The van der Waals surface area contributed by atoms with Gasteiger partial charge in [0.15, 0.2) is 0 Å².